The molecule has 0 unspecified atom stereocenters. The Hall–Kier alpha value is -4.37. The van der Waals surface area contributed by atoms with E-state index in [-0.39, 0.29) is 67.4 Å². The quantitative estimate of drug-likeness (QED) is 0.0788. The molecule has 2 heterocycles. The second kappa shape index (κ2) is 18.2. The van der Waals surface area contributed by atoms with E-state index in [0.29, 0.717) is 32.7 Å². The lowest BCUT2D eigenvalue weighted by atomic mass is 9.97. The first kappa shape index (κ1) is 38.1. The molecule has 1 atom stereocenters. The van der Waals surface area contributed by atoms with Gasteiger partial charge in [0.2, 0.25) is 5.91 Å². The molecule has 250 valence electrons. The van der Waals surface area contributed by atoms with Crippen molar-refractivity contribution in [1.29, 1.82) is 10.5 Å². The molecule has 5 N–H and O–H groups in total. The summed E-state index contributed by atoms with van der Waals surface area (Å²) in [5, 5.41) is 26.5. The van der Waals surface area contributed by atoms with Crippen molar-refractivity contribution in [3.05, 3.63) is 75.8 Å². The number of nitrogen functional groups attached to an aromatic ring is 1. The second-order valence-electron chi connectivity index (χ2n) is 10.5. The van der Waals surface area contributed by atoms with Gasteiger partial charge in [0.1, 0.15) is 58.6 Å². The molecule has 15 heteroatoms. The molecule has 0 aliphatic carbocycles. The number of anilines is 1. The van der Waals surface area contributed by atoms with Crippen LogP contribution in [0.25, 0.3) is 21.7 Å². The van der Waals surface area contributed by atoms with Gasteiger partial charge in [0.15, 0.2) is 0 Å². The van der Waals surface area contributed by atoms with Crippen LogP contribution < -0.4 is 21.5 Å². The van der Waals surface area contributed by atoms with Gasteiger partial charge in [-0.05, 0) is 35.7 Å². The summed E-state index contributed by atoms with van der Waals surface area (Å²) in [6.45, 7) is 3.83. The van der Waals surface area contributed by atoms with E-state index in [0.717, 1.165) is 16.3 Å². The predicted molar refractivity (Wildman–Crippen MR) is 190 cm³/mol. The van der Waals surface area contributed by atoms with Crippen LogP contribution in [0.2, 0.25) is 5.02 Å². The fourth-order valence-electron chi connectivity index (χ4n) is 4.42. The normalized spacial score (nSPS) is 11.1. The summed E-state index contributed by atoms with van der Waals surface area (Å²) in [4.78, 5) is 33.5. The number of thioether (sulfide) groups is 1. The van der Waals surface area contributed by atoms with E-state index in [9.17, 15) is 20.1 Å². The number of carbonyl (C=O) groups excluding carboxylic acids is 2. The Morgan fingerprint density at radius 2 is 1.69 bits per heavy atom. The van der Waals surface area contributed by atoms with Gasteiger partial charge in [-0.15, -0.1) is 23.7 Å². The fourth-order valence-corrected chi connectivity index (χ4v) is 6.36. The summed E-state index contributed by atoms with van der Waals surface area (Å²) < 4.78 is 11.0. The minimum Gasteiger partial charge on any atom is -0.490 e. The van der Waals surface area contributed by atoms with Crippen molar-refractivity contribution >= 4 is 64.8 Å². The van der Waals surface area contributed by atoms with Crippen LogP contribution in [0.5, 0.6) is 5.75 Å². The lowest BCUT2D eigenvalue weighted by molar-refractivity contribution is -0.149. The van der Waals surface area contributed by atoms with Crippen LogP contribution in [0.1, 0.15) is 37.1 Å². The minimum atomic E-state index is -0.791. The summed E-state index contributed by atoms with van der Waals surface area (Å²) in [6.07, 6.45) is 0.118. The first-order chi connectivity index (χ1) is 22.6. The molecule has 0 saturated carbocycles. The van der Waals surface area contributed by atoms with Gasteiger partial charge >= 0.3 is 5.97 Å². The molecule has 0 spiro atoms. The van der Waals surface area contributed by atoms with Crippen LogP contribution in [0.4, 0.5) is 5.82 Å². The van der Waals surface area contributed by atoms with E-state index in [2.05, 4.69) is 22.4 Å². The van der Waals surface area contributed by atoms with Gasteiger partial charge in [0.25, 0.3) is 0 Å². The Bertz CT molecular complexity index is 1800. The zero-order valence-electron chi connectivity index (χ0n) is 26.1. The largest absolute Gasteiger partial charge is 0.490 e. The maximum Gasteiger partial charge on any atom is 0.329 e. The van der Waals surface area contributed by atoms with Crippen molar-refractivity contribution in [3.63, 3.8) is 0 Å². The third-order valence-electron chi connectivity index (χ3n) is 6.76. The maximum absolute atomic E-state index is 12.5. The number of thiazole rings is 1. The summed E-state index contributed by atoms with van der Waals surface area (Å²) in [6, 6.07) is 17.7. The monoisotopic (exact) mass is 725 g/mol. The van der Waals surface area contributed by atoms with Crippen molar-refractivity contribution in [3.8, 4) is 39.6 Å². The van der Waals surface area contributed by atoms with E-state index < -0.39 is 12.0 Å². The highest BCUT2D eigenvalue weighted by molar-refractivity contribution is 7.98. The van der Waals surface area contributed by atoms with Crippen molar-refractivity contribution < 1.29 is 19.1 Å². The summed E-state index contributed by atoms with van der Waals surface area (Å²) in [7, 11) is 0. The van der Waals surface area contributed by atoms with Crippen molar-refractivity contribution in [2.24, 2.45) is 11.7 Å². The number of halogens is 2. The Kier molecular flexibility index (Phi) is 14.5. The Balaban J connectivity index is 0.00000625. The van der Waals surface area contributed by atoms with Crippen LogP contribution in [0.3, 0.4) is 0 Å². The Morgan fingerprint density at radius 1 is 1.02 bits per heavy atom. The number of hydrogen-bond donors (Lipinski definition) is 3. The zero-order valence-corrected chi connectivity index (χ0v) is 29.3. The summed E-state index contributed by atoms with van der Waals surface area (Å²) in [5.41, 5.74) is 14.7. The summed E-state index contributed by atoms with van der Waals surface area (Å²) in [5.74, 6) is -0.107. The zero-order chi connectivity index (χ0) is 33.9. The Morgan fingerprint density at radius 3 is 2.31 bits per heavy atom. The van der Waals surface area contributed by atoms with Crippen molar-refractivity contribution in [2.75, 3.05) is 25.5 Å². The molecule has 1 amide bonds. The van der Waals surface area contributed by atoms with Gasteiger partial charge in [-0.25, -0.2) is 14.8 Å². The molecule has 0 saturated heterocycles. The van der Waals surface area contributed by atoms with Crippen molar-refractivity contribution in [1.82, 2.24) is 15.3 Å². The number of amides is 1. The molecule has 0 aliphatic rings. The molecule has 48 heavy (non-hydrogen) atoms. The smallest absolute Gasteiger partial charge is 0.329 e. The van der Waals surface area contributed by atoms with Gasteiger partial charge in [-0.1, -0.05) is 61.5 Å². The number of nitrogens with zero attached hydrogens (tertiary/aromatic N) is 4. The van der Waals surface area contributed by atoms with Crippen LogP contribution >= 0.6 is 47.1 Å². The van der Waals surface area contributed by atoms with Crippen molar-refractivity contribution in [2.45, 2.75) is 37.1 Å². The highest BCUT2D eigenvalue weighted by atomic mass is 35.5. The number of nitrogens with one attached hydrogen (secondary N) is 1. The third-order valence-corrected chi connectivity index (χ3v) is 8.96. The molecule has 0 bridgehead atoms. The van der Waals surface area contributed by atoms with Gasteiger partial charge in [0, 0.05) is 40.2 Å². The number of rotatable bonds is 14. The minimum absolute atomic E-state index is 0. The molecular formula is C33H33Cl2N7O4S2. The topological polar surface area (TPSA) is 190 Å². The second-order valence-corrected chi connectivity index (χ2v) is 12.7. The average molecular weight is 727 g/mol. The average Bonchev–Trinajstić information content (AvgIpc) is 3.54. The lowest BCUT2D eigenvalue weighted by Crippen LogP contribution is -2.46. The Labute approximate surface area is 298 Å². The highest BCUT2D eigenvalue weighted by Gasteiger charge is 2.25. The molecule has 4 rings (SSSR count). The molecule has 0 aliphatic heterocycles. The number of esters is 1. The summed E-state index contributed by atoms with van der Waals surface area (Å²) >= 11 is 8.82. The first-order valence-electron chi connectivity index (χ1n) is 14.5. The van der Waals surface area contributed by atoms with Crippen LogP contribution in [0.15, 0.2) is 58.9 Å². The molecule has 2 aromatic heterocycles. The third kappa shape index (κ3) is 9.83. The first-order valence-corrected chi connectivity index (χ1v) is 16.8. The molecular weight excluding hydrogens is 693 g/mol. The van der Waals surface area contributed by atoms with E-state index >= 15 is 0 Å². The number of hydrogen-bond acceptors (Lipinski definition) is 12. The maximum atomic E-state index is 12.5. The lowest BCUT2D eigenvalue weighted by Gasteiger charge is -2.20. The number of aromatic nitrogens is 2. The number of nitrogens with two attached hydrogens (primary N) is 2. The van der Waals surface area contributed by atoms with Crippen LogP contribution in [0, 0.1) is 28.6 Å². The standard InChI is InChI=1S/C33H32ClN7O4S2.ClH/c1-19(2)29(40-27(42)11-12-35)33(43)45-14-13-44-24-9-5-20(6-10-24)28-25(15-36)30(38)41-32(26(28)16-37)47-18-23-17-46-31(39-23)21-3-7-22(34)8-4-21;/h3-10,17,19,29H,11-14,18,35H2,1-2H3,(H2,38,41)(H,40,42);1H/t29-;/m0./s1. The van der Waals surface area contributed by atoms with Crippen LogP contribution in [-0.2, 0) is 20.1 Å². The van der Waals surface area contributed by atoms with E-state index in [1.807, 2.05) is 29.6 Å². The fraction of sp³-hybridized carbons (Fsp3) is 0.273. The van der Waals surface area contributed by atoms with Gasteiger partial charge in [-0.2, -0.15) is 10.5 Å². The van der Waals surface area contributed by atoms with Gasteiger partial charge in [-0.3, -0.25) is 4.79 Å². The number of nitriles is 2. The predicted octanol–water partition coefficient (Wildman–Crippen LogP) is 5.98. The molecule has 0 fully saturated rings. The number of carbonyl (C=O) groups is 2. The number of pyridine rings is 1. The number of ether oxygens (including phenoxy) is 2. The highest BCUT2D eigenvalue weighted by Crippen LogP contribution is 2.37. The van der Waals surface area contributed by atoms with Crippen LogP contribution in [-0.4, -0.2) is 47.6 Å². The number of benzene rings is 2. The van der Waals surface area contributed by atoms with E-state index in [1.54, 1.807) is 38.1 Å². The molecule has 2 aromatic carbocycles. The molecule has 0 radical (unpaired) electrons. The van der Waals surface area contributed by atoms with E-state index in [1.165, 1.54) is 23.1 Å². The van der Waals surface area contributed by atoms with Gasteiger partial charge in [0.05, 0.1) is 11.3 Å². The van der Waals surface area contributed by atoms with Gasteiger partial charge < -0.3 is 26.3 Å². The van der Waals surface area contributed by atoms with E-state index in [4.69, 9.17) is 37.5 Å². The molecule has 11 nitrogen and oxygen atoms in total. The SMILES string of the molecule is CC(C)[C@H](NC(=O)CCN)C(=O)OCCOc1ccc(-c2c(C#N)c(N)nc(SCc3csc(-c4ccc(Cl)cc4)n3)c2C#N)cc1.Cl. The molecule has 4 aromatic rings.